The summed E-state index contributed by atoms with van der Waals surface area (Å²) < 4.78 is 0. The molecule has 0 radical (unpaired) electrons. The highest BCUT2D eigenvalue weighted by Gasteiger charge is 2.09. The van der Waals surface area contributed by atoms with Crippen LogP contribution in [0, 0.1) is 0 Å². The van der Waals surface area contributed by atoms with E-state index in [0.29, 0.717) is 0 Å². The molecule has 0 fully saturated rings. The fourth-order valence-corrected chi connectivity index (χ4v) is 0.0645. The molecule has 0 heterocycles. The monoisotopic (exact) mass is 102 g/mol. The van der Waals surface area contributed by atoms with Gasteiger partial charge in [-0.1, -0.05) is 12.7 Å². The number of aliphatic hydroxyl groups excluding tert-OH is 1. The normalized spacial score (nSPS) is 11.3. The molecule has 5 N–H and O–H groups in total. The second-order valence-electron chi connectivity index (χ2n) is 1.47. The third-order valence-electron chi connectivity index (χ3n) is 0.654. The Bertz CT molecular complexity index is 70.1. The Labute approximate surface area is 42.6 Å². The van der Waals surface area contributed by atoms with Crippen molar-refractivity contribution in [3.05, 3.63) is 12.7 Å². The van der Waals surface area contributed by atoms with Gasteiger partial charge in [0.2, 0.25) is 0 Å². The molecule has 0 aromatic rings. The van der Waals surface area contributed by atoms with Gasteiger partial charge in [-0.25, -0.2) is 0 Å². The first-order valence-electron chi connectivity index (χ1n) is 1.94. The van der Waals surface area contributed by atoms with Crippen molar-refractivity contribution in [1.29, 1.82) is 0 Å². The average Bonchev–Trinajstić information content (AvgIpc) is 1.68. The molecule has 0 bridgehead atoms. The van der Waals surface area contributed by atoms with Crippen molar-refractivity contribution >= 4 is 0 Å². The van der Waals surface area contributed by atoms with Gasteiger partial charge in [0.05, 0.1) is 6.61 Å². The van der Waals surface area contributed by atoms with Crippen molar-refractivity contribution in [3.63, 3.8) is 0 Å². The molecular formula is C4H10N2O. The van der Waals surface area contributed by atoms with Gasteiger partial charge in [0.25, 0.3) is 0 Å². The Morgan fingerprint density at radius 1 is 1.71 bits per heavy atom. The van der Waals surface area contributed by atoms with E-state index in [1.807, 2.05) is 0 Å². The summed E-state index contributed by atoms with van der Waals surface area (Å²) in [6, 6.07) is 0. The zero-order valence-electron chi connectivity index (χ0n) is 4.09. The van der Waals surface area contributed by atoms with Gasteiger partial charge in [0.15, 0.2) is 0 Å². The van der Waals surface area contributed by atoms with Crippen LogP contribution < -0.4 is 11.5 Å². The van der Waals surface area contributed by atoms with E-state index in [1.165, 1.54) is 6.08 Å². The summed E-state index contributed by atoms with van der Waals surface area (Å²) in [6.07, 6.45) is 1.30. The van der Waals surface area contributed by atoms with E-state index in [0.717, 1.165) is 0 Å². The standard InChI is InChI=1S/C4H10N2O/c1-2-4(5,6)3-7/h2,7H,1,3,5-6H2. The number of hydrogen-bond donors (Lipinski definition) is 3. The smallest absolute Gasteiger partial charge is 0.106 e. The van der Waals surface area contributed by atoms with Crippen molar-refractivity contribution in [3.8, 4) is 0 Å². The topological polar surface area (TPSA) is 72.3 Å². The highest BCUT2D eigenvalue weighted by molar-refractivity contribution is 4.94. The van der Waals surface area contributed by atoms with Crippen molar-refractivity contribution in [2.45, 2.75) is 5.66 Å². The highest BCUT2D eigenvalue weighted by atomic mass is 16.3. The first-order chi connectivity index (χ1) is 3.12. The third kappa shape index (κ3) is 2.33. The van der Waals surface area contributed by atoms with Crippen molar-refractivity contribution in [2.24, 2.45) is 11.5 Å². The molecule has 0 amide bonds. The Hall–Kier alpha value is -0.380. The van der Waals surface area contributed by atoms with E-state index in [1.54, 1.807) is 0 Å². The Kier molecular flexibility index (Phi) is 1.95. The minimum atomic E-state index is -1.10. The van der Waals surface area contributed by atoms with Crippen LogP contribution in [0.2, 0.25) is 0 Å². The summed E-state index contributed by atoms with van der Waals surface area (Å²) in [5, 5.41) is 8.27. The van der Waals surface area contributed by atoms with E-state index in [9.17, 15) is 0 Å². The van der Waals surface area contributed by atoms with Crippen LogP contribution in [-0.4, -0.2) is 17.4 Å². The van der Waals surface area contributed by atoms with E-state index in [-0.39, 0.29) is 6.61 Å². The zero-order valence-corrected chi connectivity index (χ0v) is 4.09. The molecule has 0 saturated heterocycles. The summed E-state index contributed by atoms with van der Waals surface area (Å²) in [6.45, 7) is 3.03. The Morgan fingerprint density at radius 3 is 2.14 bits per heavy atom. The van der Waals surface area contributed by atoms with E-state index in [4.69, 9.17) is 16.6 Å². The molecule has 0 aromatic carbocycles. The summed E-state index contributed by atoms with van der Waals surface area (Å²) in [4.78, 5) is 0. The van der Waals surface area contributed by atoms with Crippen LogP contribution in [0.5, 0.6) is 0 Å². The summed E-state index contributed by atoms with van der Waals surface area (Å²) in [5.41, 5.74) is 9.15. The molecule has 0 aliphatic heterocycles. The second kappa shape index (κ2) is 2.07. The van der Waals surface area contributed by atoms with Crippen molar-refractivity contribution in [1.82, 2.24) is 0 Å². The van der Waals surface area contributed by atoms with Gasteiger partial charge >= 0.3 is 0 Å². The lowest BCUT2D eigenvalue weighted by atomic mass is 10.2. The number of nitrogens with two attached hydrogens (primary N) is 2. The molecule has 0 spiro atoms. The van der Waals surface area contributed by atoms with Gasteiger partial charge < -0.3 is 16.6 Å². The SMILES string of the molecule is C=CC(N)(N)CO. The lowest BCUT2D eigenvalue weighted by Crippen LogP contribution is -2.50. The van der Waals surface area contributed by atoms with Crippen LogP contribution >= 0.6 is 0 Å². The largest absolute Gasteiger partial charge is 0.393 e. The maximum atomic E-state index is 8.27. The van der Waals surface area contributed by atoms with E-state index in [2.05, 4.69) is 6.58 Å². The first-order valence-corrected chi connectivity index (χ1v) is 1.94. The number of rotatable bonds is 2. The van der Waals surface area contributed by atoms with E-state index < -0.39 is 5.66 Å². The van der Waals surface area contributed by atoms with Crippen molar-refractivity contribution < 1.29 is 5.11 Å². The van der Waals surface area contributed by atoms with Gasteiger partial charge in [-0.05, 0) is 0 Å². The predicted molar refractivity (Wildman–Crippen MR) is 28.4 cm³/mol. The van der Waals surface area contributed by atoms with Gasteiger partial charge in [-0.2, -0.15) is 0 Å². The molecule has 3 heteroatoms. The van der Waals surface area contributed by atoms with Crippen LogP contribution in [0.25, 0.3) is 0 Å². The molecule has 0 aliphatic carbocycles. The molecule has 0 atom stereocenters. The maximum absolute atomic E-state index is 8.27. The van der Waals surface area contributed by atoms with Gasteiger partial charge in [0.1, 0.15) is 5.66 Å². The molecule has 0 aliphatic rings. The summed E-state index contributed by atoms with van der Waals surface area (Å²) >= 11 is 0. The van der Waals surface area contributed by atoms with Gasteiger partial charge in [0, 0.05) is 0 Å². The van der Waals surface area contributed by atoms with Crippen LogP contribution in [0.15, 0.2) is 12.7 Å². The third-order valence-corrected chi connectivity index (χ3v) is 0.654. The highest BCUT2D eigenvalue weighted by Crippen LogP contribution is 1.85. The van der Waals surface area contributed by atoms with Gasteiger partial charge in [-0.15, -0.1) is 0 Å². The second-order valence-corrected chi connectivity index (χ2v) is 1.47. The fourth-order valence-electron chi connectivity index (χ4n) is 0.0645. The summed E-state index contributed by atoms with van der Waals surface area (Å²) in [5.74, 6) is 0. The van der Waals surface area contributed by atoms with Crippen LogP contribution in [0.3, 0.4) is 0 Å². The maximum Gasteiger partial charge on any atom is 0.106 e. The molecule has 0 saturated carbocycles. The molecule has 0 aromatic heterocycles. The molecule has 0 rings (SSSR count). The van der Waals surface area contributed by atoms with Crippen LogP contribution in [0.1, 0.15) is 0 Å². The quantitative estimate of drug-likeness (QED) is 0.302. The van der Waals surface area contributed by atoms with Gasteiger partial charge in [-0.3, -0.25) is 0 Å². The van der Waals surface area contributed by atoms with Crippen LogP contribution in [0.4, 0.5) is 0 Å². The minimum absolute atomic E-state index is 0.267. The Morgan fingerprint density at radius 2 is 2.14 bits per heavy atom. The number of hydrogen-bond acceptors (Lipinski definition) is 3. The number of aliphatic hydroxyl groups is 1. The molecule has 0 unspecified atom stereocenters. The molecule has 42 valence electrons. The lowest BCUT2D eigenvalue weighted by molar-refractivity contribution is 0.231. The molecule has 3 nitrogen and oxygen atoms in total. The predicted octanol–water partition coefficient (Wildman–Crippen LogP) is -1.22. The zero-order chi connectivity index (χ0) is 5.91. The first kappa shape index (κ1) is 6.62. The molecular weight excluding hydrogens is 92.1 g/mol. The summed E-state index contributed by atoms with van der Waals surface area (Å²) in [7, 11) is 0. The average molecular weight is 102 g/mol. The molecule has 7 heavy (non-hydrogen) atoms. The Balaban J connectivity index is 3.58. The lowest BCUT2D eigenvalue weighted by Gasteiger charge is -2.14. The fraction of sp³-hybridized carbons (Fsp3) is 0.500. The van der Waals surface area contributed by atoms with E-state index >= 15 is 0 Å². The van der Waals surface area contributed by atoms with Crippen molar-refractivity contribution in [2.75, 3.05) is 6.61 Å². The minimum Gasteiger partial charge on any atom is -0.393 e. The van der Waals surface area contributed by atoms with Crippen LogP contribution in [-0.2, 0) is 0 Å².